The molecule has 1 aliphatic carbocycles. The van der Waals surface area contributed by atoms with Crippen molar-refractivity contribution in [2.45, 2.75) is 43.5 Å². The van der Waals surface area contributed by atoms with E-state index in [0.29, 0.717) is 28.4 Å². The Bertz CT molecular complexity index is 900. The van der Waals surface area contributed by atoms with Gasteiger partial charge in [0.2, 0.25) is 0 Å². The van der Waals surface area contributed by atoms with Crippen molar-refractivity contribution in [2.24, 2.45) is 0 Å². The lowest BCUT2D eigenvalue weighted by Gasteiger charge is -2.10. The predicted molar refractivity (Wildman–Crippen MR) is 99.2 cm³/mol. The first kappa shape index (κ1) is 15.6. The first-order chi connectivity index (χ1) is 11.6. The van der Waals surface area contributed by atoms with Gasteiger partial charge in [0.1, 0.15) is 22.3 Å². The van der Waals surface area contributed by atoms with Crippen molar-refractivity contribution in [3.63, 3.8) is 0 Å². The van der Waals surface area contributed by atoms with Crippen molar-refractivity contribution in [1.82, 2.24) is 19.9 Å². The number of thiophene rings is 1. The number of fused-ring (bicyclic) bond motifs is 3. The highest BCUT2D eigenvalue weighted by molar-refractivity contribution is 7.98. The van der Waals surface area contributed by atoms with Gasteiger partial charge in [0.25, 0.3) is 0 Å². The fourth-order valence-electron chi connectivity index (χ4n) is 3.05. The minimum absolute atomic E-state index is 0.479. The molecule has 4 N–H and O–H groups in total. The molecule has 6 nitrogen and oxygen atoms in total. The number of hydrogen-bond donors (Lipinski definition) is 2. The molecule has 0 amide bonds. The van der Waals surface area contributed by atoms with Gasteiger partial charge in [0.05, 0.1) is 11.1 Å². The Morgan fingerprint density at radius 1 is 1.12 bits per heavy atom. The second kappa shape index (κ2) is 6.18. The highest BCUT2D eigenvalue weighted by Crippen LogP contribution is 2.38. The molecule has 0 radical (unpaired) electrons. The largest absolute Gasteiger partial charge is 0.384 e. The topological polar surface area (TPSA) is 104 Å². The maximum absolute atomic E-state index is 6.24. The zero-order valence-electron chi connectivity index (χ0n) is 13.4. The number of anilines is 2. The molecular weight excluding hydrogens is 340 g/mol. The third-order valence-corrected chi connectivity index (χ3v) is 6.10. The summed E-state index contributed by atoms with van der Waals surface area (Å²) in [4.78, 5) is 20.3. The maximum Gasteiger partial charge on any atom is 0.190 e. The molecule has 0 aromatic carbocycles. The summed E-state index contributed by atoms with van der Waals surface area (Å²) < 4.78 is 0. The summed E-state index contributed by atoms with van der Waals surface area (Å²) in [6.45, 7) is 1.90. The highest BCUT2D eigenvalue weighted by atomic mass is 32.2. The molecule has 3 aromatic rings. The first-order valence-electron chi connectivity index (χ1n) is 7.91. The van der Waals surface area contributed by atoms with E-state index in [2.05, 4.69) is 15.0 Å². The van der Waals surface area contributed by atoms with Crippen molar-refractivity contribution >= 4 is 45.0 Å². The van der Waals surface area contributed by atoms with Crippen LogP contribution in [0, 0.1) is 6.92 Å². The van der Waals surface area contributed by atoms with E-state index in [1.165, 1.54) is 35.0 Å². The number of thioether (sulfide) groups is 1. The fourth-order valence-corrected chi connectivity index (χ4v) is 5.11. The van der Waals surface area contributed by atoms with Crippen molar-refractivity contribution in [3.8, 4) is 0 Å². The number of aromatic nitrogens is 4. The minimum atomic E-state index is 0.479. The summed E-state index contributed by atoms with van der Waals surface area (Å²) in [5.74, 6) is 2.37. The molecule has 8 heteroatoms. The van der Waals surface area contributed by atoms with Gasteiger partial charge >= 0.3 is 0 Å². The van der Waals surface area contributed by atoms with E-state index in [1.54, 1.807) is 17.4 Å². The van der Waals surface area contributed by atoms with Gasteiger partial charge in [-0.05, 0) is 38.2 Å². The number of hydrogen-bond acceptors (Lipinski definition) is 8. The number of nitrogen functional groups attached to an aromatic ring is 2. The van der Waals surface area contributed by atoms with Gasteiger partial charge in [-0.25, -0.2) is 19.9 Å². The Labute approximate surface area is 148 Å². The molecule has 0 saturated heterocycles. The van der Waals surface area contributed by atoms with E-state index in [9.17, 15) is 0 Å². The Morgan fingerprint density at radius 2 is 1.96 bits per heavy atom. The number of nitrogens with zero attached hydrogens (tertiary/aromatic N) is 4. The van der Waals surface area contributed by atoms with Crippen molar-refractivity contribution in [2.75, 3.05) is 11.5 Å². The van der Waals surface area contributed by atoms with Gasteiger partial charge < -0.3 is 11.5 Å². The molecule has 0 atom stereocenters. The summed E-state index contributed by atoms with van der Waals surface area (Å²) in [6, 6.07) is 1.75. The van der Waals surface area contributed by atoms with Gasteiger partial charge in [-0.1, -0.05) is 11.8 Å². The van der Waals surface area contributed by atoms with Crippen LogP contribution in [-0.4, -0.2) is 19.9 Å². The maximum atomic E-state index is 6.24. The Balaban J connectivity index is 1.63. The van der Waals surface area contributed by atoms with Crippen molar-refractivity contribution in [1.29, 1.82) is 0 Å². The summed E-state index contributed by atoms with van der Waals surface area (Å²) in [6.07, 6.45) is 4.70. The van der Waals surface area contributed by atoms with E-state index in [-0.39, 0.29) is 0 Å². The standard InChI is InChI=1S/C16H18N6S2/c1-8-6-11(17)20-16(19-8)23-7-12-21-14(18)13-9-4-2-3-5-10(9)24-15(13)22-12/h6H,2-5,7H2,1H3,(H2,17,19,20)(H2,18,21,22). The number of nitrogens with two attached hydrogens (primary N) is 2. The van der Waals surface area contributed by atoms with Crippen LogP contribution < -0.4 is 11.5 Å². The van der Waals surface area contributed by atoms with Crippen molar-refractivity contribution in [3.05, 3.63) is 28.0 Å². The van der Waals surface area contributed by atoms with Crippen LogP contribution in [0.25, 0.3) is 10.2 Å². The second-order valence-corrected chi connectivity index (χ2v) is 7.95. The van der Waals surface area contributed by atoms with Crippen LogP contribution in [0.15, 0.2) is 11.2 Å². The fraction of sp³-hybridized carbons (Fsp3) is 0.375. The lowest BCUT2D eigenvalue weighted by atomic mass is 9.97. The Morgan fingerprint density at radius 3 is 2.79 bits per heavy atom. The normalized spacial score (nSPS) is 14.0. The molecule has 124 valence electrons. The molecule has 0 bridgehead atoms. The smallest absolute Gasteiger partial charge is 0.190 e. The van der Waals surface area contributed by atoms with Gasteiger partial charge in [0, 0.05) is 16.6 Å². The van der Waals surface area contributed by atoms with Crippen LogP contribution in [0.2, 0.25) is 0 Å². The third-order valence-electron chi connectivity index (χ3n) is 4.07. The lowest BCUT2D eigenvalue weighted by Crippen LogP contribution is -2.03. The van der Waals surface area contributed by atoms with E-state index >= 15 is 0 Å². The van der Waals surface area contributed by atoms with E-state index < -0.39 is 0 Å². The van der Waals surface area contributed by atoms with Crippen molar-refractivity contribution < 1.29 is 0 Å². The van der Waals surface area contributed by atoms with Gasteiger partial charge in [-0.3, -0.25) is 0 Å². The molecule has 3 aromatic heterocycles. The molecule has 24 heavy (non-hydrogen) atoms. The minimum Gasteiger partial charge on any atom is -0.384 e. The van der Waals surface area contributed by atoms with Gasteiger partial charge in [0.15, 0.2) is 5.16 Å². The van der Waals surface area contributed by atoms with Crippen LogP contribution in [0.4, 0.5) is 11.6 Å². The molecule has 1 aliphatic rings. The molecule has 0 aliphatic heterocycles. The summed E-state index contributed by atoms with van der Waals surface area (Å²) in [5.41, 5.74) is 14.2. The molecule has 0 spiro atoms. The monoisotopic (exact) mass is 358 g/mol. The zero-order valence-corrected chi connectivity index (χ0v) is 15.0. The third kappa shape index (κ3) is 2.91. The molecule has 0 unspecified atom stereocenters. The first-order valence-corrected chi connectivity index (χ1v) is 9.71. The molecule has 3 heterocycles. The molecule has 0 fully saturated rings. The van der Waals surface area contributed by atoms with Crippen LogP contribution in [0.3, 0.4) is 0 Å². The van der Waals surface area contributed by atoms with Gasteiger partial charge in [-0.2, -0.15) is 0 Å². The Kier molecular flexibility index (Phi) is 4.01. The van der Waals surface area contributed by atoms with Crippen LogP contribution in [-0.2, 0) is 18.6 Å². The van der Waals surface area contributed by atoms with Crippen LogP contribution in [0.5, 0.6) is 0 Å². The predicted octanol–water partition coefficient (Wildman–Crippen LogP) is 3.13. The summed E-state index contributed by atoms with van der Waals surface area (Å²) >= 11 is 3.24. The number of rotatable bonds is 3. The lowest BCUT2D eigenvalue weighted by molar-refractivity contribution is 0.700. The Hall–Kier alpha value is -1.93. The van der Waals surface area contributed by atoms with E-state index in [1.807, 2.05) is 6.92 Å². The van der Waals surface area contributed by atoms with Gasteiger partial charge in [-0.15, -0.1) is 11.3 Å². The average Bonchev–Trinajstić information content (AvgIpc) is 2.91. The zero-order chi connectivity index (χ0) is 16.7. The molecular formula is C16H18N6S2. The summed E-state index contributed by atoms with van der Waals surface area (Å²) in [5, 5.41) is 1.71. The highest BCUT2D eigenvalue weighted by Gasteiger charge is 2.20. The molecule has 4 rings (SSSR count). The van der Waals surface area contributed by atoms with E-state index in [0.717, 1.165) is 28.8 Å². The quantitative estimate of drug-likeness (QED) is 0.547. The average molecular weight is 358 g/mol. The summed E-state index contributed by atoms with van der Waals surface area (Å²) in [7, 11) is 0. The second-order valence-electron chi connectivity index (χ2n) is 5.92. The molecule has 0 saturated carbocycles. The van der Waals surface area contributed by atoms with Crippen LogP contribution >= 0.6 is 23.1 Å². The number of aryl methyl sites for hydroxylation is 3. The SMILES string of the molecule is Cc1cc(N)nc(SCc2nc(N)c3c4c(sc3n2)CCCC4)n1. The van der Waals surface area contributed by atoms with E-state index in [4.69, 9.17) is 16.5 Å². The van der Waals surface area contributed by atoms with Crippen LogP contribution in [0.1, 0.15) is 34.8 Å².